The lowest BCUT2D eigenvalue weighted by Crippen LogP contribution is -2.45. The highest BCUT2D eigenvalue weighted by Crippen LogP contribution is 2.29. The highest BCUT2D eigenvalue weighted by Gasteiger charge is 2.30. The molecule has 4 aromatic rings. The summed E-state index contributed by atoms with van der Waals surface area (Å²) in [6, 6.07) is 15.9. The maximum Gasteiger partial charge on any atom is 0.329 e. The number of hydrogen-bond acceptors (Lipinski definition) is 9. The number of nitrogens with one attached hydrogen (secondary N) is 1. The SMILES string of the molecule is Cn1ncc(OCC(C)(C)OCC(C)(C)OCc2ccccc2)c(-c2ccc(CC(NC(=O)c3c(Cl)cncc3Cl)C(=O)OC(C)(C)C)cc2)c1=O. The van der Waals surface area contributed by atoms with Gasteiger partial charge in [0.05, 0.1) is 51.8 Å². The molecule has 0 aliphatic rings. The highest BCUT2D eigenvalue weighted by molar-refractivity contribution is 6.39. The van der Waals surface area contributed by atoms with Crippen LogP contribution in [0.5, 0.6) is 5.75 Å². The molecule has 1 N–H and O–H groups in total. The van der Waals surface area contributed by atoms with Gasteiger partial charge in [-0.1, -0.05) is 77.8 Å². The molecule has 0 saturated carbocycles. The molecule has 0 aliphatic heterocycles. The summed E-state index contributed by atoms with van der Waals surface area (Å²) in [5, 5.41) is 6.97. The van der Waals surface area contributed by atoms with Crippen molar-refractivity contribution in [3.8, 4) is 16.9 Å². The van der Waals surface area contributed by atoms with Gasteiger partial charge in [0.1, 0.15) is 18.2 Å². The summed E-state index contributed by atoms with van der Waals surface area (Å²) in [5.41, 5.74) is 0.182. The zero-order valence-electron chi connectivity index (χ0n) is 30.8. The molecule has 1 unspecified atom stereocenters. The molecule has 13 heteroatoms. The fourth-order valence-electron chi connectivity index (χ4n) is 4.92. The van der Waals surface area contributed by atoms with Gasteiger partial charge in [-0.15, -0.1) is 0 Å². The molecular weight excluding hydrogens is 707 g/mol. The minimum Gasteiger partial charge on any atom is -0.488 e. The Morgan fingerprint density at radius 1 is 0.827 bits per heavy atom. The number of nitrogens with zero attached hydrogens (tertiary/aromatic N) is 3. The van der Waals surface area contributed by atoms with Crippen molar-refractivity contribution < 1.29 is 28.5 Å². The van der Waals surface area contributed by atoms with E-state index in [9.17, 15) is 14.4 Å². The van der Waals surface area contributed by atoms with Gasteiger partial charge in [0.25, 0.3) is 11.5 Å². The Morgan fingerprint density at radius 2 is 1.44 bits per heavy atom. The molecule has 0 bridgehead atoms. The summed E-state index contributed by atoms with van der Waals surface area (Å²) < 4.78 is 25.4. The van der Waals surface area contributed by atoms with Gasteiger partial charge in [0, 0.05) is 25.9 Å². The number of esters is 1. The molecule has 0 radical (unpaired) electrons. The quantitative estimate of drug-likeness (QED) is 0.128. The van der Waals surface area contributed by atoms with E-state index in [-0.39, 0.29) is 39.9 Å². The Labute approximate surface area is 314 Å². The third-order valence-electron chi connectivity index (χ3n) is 7.72. The lowest BCUT2D eigenvalue weighted by atomic mass is 10.0. The van der Waals surface area contributed by atoms with Crippen molar-refractivity contribution in [2.45, 2.75) is 84.3 Å². The third kappa shape index (κ3) is 11.6. The fourth-order valence-corrected chi connectivity index (χ4v) is 5.46. The summed E-state index contributed by atoms with van der Waals surface area (Å²) in [5.74, 6) is -1.000. The molecule has 278 valence electrons. The van der Waals surface area contributed by atoms with Crippen molar-refractivity contribution in [2.24, 2.45) is 7.05 Å². The molecule has 0 saturated heterocycles. The Morgan fingerprint density at radius 3 is 2.06 bits per heavy atom. The van der Waals surface area contributed by atoms with Crippen molar-refractivity contribution in [3.05, 3.63) is 110 Å². The summed E-state index contributed by atoms with van der Waals surface area (Å²) in [6.07, 6.45) is 4.17. The molecule has 2 aromatic heterocycles. The Bertz CT molecular complexity index is 1890. The topological polar surface area (TPSA) is 131 Å². The van der Waals surface area contributed by atoms with Crippen LogP contribution in [0.1, 0.15) is 70.0 Å². The molecule has 2 aromatic carbocycles. The second-order valence-electron chi connectivity index (χ2n) is 14.6. The van der Waals surface area contributed by atoms with Crippen molar-refractivity contribution >= 4 is 35.1 Å². The van der Waals surface area contributed by atoms with Gasteiger partial charge in [-0.05, 0) is 65.2 Å². The zero-order valence-corrected chi connectivity index (χ0v) is 32.3. The van der Waals surface area contributed by atoms with E-state index in [1.807, 2.05) is 58.0 Å². The first-order chi connectivity index (χ1) is 24.3. The lowest BCUT2D eigenvalue weighted by molar-refractivity contribution is -0.157. The molecular formula is C39H46Cl2N4O7. The van der Waals surface area contributed by atoms with E-state index in [2.05, 4.69) is 15.4 Å². The van der Waals surface area contributed by atoms with Crippen LogP contribution in [0, 0.1) is 0 Å². The van der Waals surface area contributed by atoms with Crippen LogP contribution in [0.25, 0.3) is 11.1 Å². The van der Waals surface area contributed by atoms with Crippen LogP contribution in [0.4, 0.5) is 0 Å². The first-order valence-corrected chi connectivity index (χ1v) is 17.5. The Hall–Kier alpha value is -4.29. The highest BCUT2D eigenvalue weighted by atomic mass is 35.5. The molecule has 11 nitrogen and oxygen atoms in total. The monoisotopic (exact) mass is 752 g/mol. The zero-order chi connectivity index (χ0) is 38.3. The van der Waals surface area contributed by atoms with Crippen LogP contribution in [0.2, 0.25) is 10.0 Å². The lowest BCUT2D eigenvalue weighted by Gasteiger charge is -2.32. The van der Waals surface area contributed by atoms with E-state index < -0.39 is 34.7 Å². The van der Waals surface area contributed by atoms with Gasteiger partial charge in [-0.25, -0.2) is 9.48 Å². The van der Waals surface area contributed by atoms with Gasteiger partial charge in [-0.3, -0.25) is 14.6 Å². The van der Waals surface area contributed by atoms with Crippen LogP contribution in [0.3, 0.4) is 0 Å². The van der Waals surface area contributed by atoms with Gasteiger partial charge in [0.2, 0.25) is 0 Å². The minimum absolute atomic E-state index is 0.00279. The van der Waals surface area contributed by atoms with Crippen LogP contribution < -0.4 is 15.6 Å². The molecule has 1 atom stereocenters. The first kappa shape index (κ1) is 40.5. The third-order valence-corrected chi connectivity index (χ3v) is 8.29. The Balaban J connectivity index is 1.48. The number of aryl methyl sites for hydroxylation is 1. The minimum atomic E-state index is -1.08. The van der Waals surface area contributed by atoms with E-state index in [0.717, 1.165) is 5.56 Å². The summed E-state index contributed by atoms with van der Waals surface area (Å²) in [7, 11) is 1.56. The number of ether oxygens (including phenoxy) is 4. The van der Waals surface area contributed by atoms with Gasteiger partial charge < -0.3 is 24.3 Å². The number of carbonyl (C=O) groups is 2. The average molecular weight is 754 g/mol. The van der Waals surface area contributed by atoms with Crippen molar-refractivity contribution in [3.63, 3.8) is 0 Å². The van der Waals surface area contributed by atoms with Crippen LogP contribution >= 0.6 is 23.2 Å². The molecule has 1 amide bonds. The summed E-state index contributed by atoms with van der Waals surface area (Å²) in [6.45, 7) is 13.8. The van der Waals surface area contributed by atoms with Crippen molar-refractivity contribution in [2.75, 3.05) is 13.2 Å². The van der Waals surface area contributed by atoms with Gasteiger partial charge >= 0.3 is 5.97 Å². The number of benzene rings is 2. The summed E-state index contributed by atoms with van der Waals surface area (Å²) >= 11 is 12.4. The normalized spacial score (nSPS) is 12.7. The maximum atomic E-state index is 13.4. The smallest absolute Gasteiger partial charge is 0.329 e. The van der Waals surface area contributed by atoms with E-state index in [1.54, 1.807) is 52.1 Å². The standard InChI is InChI=1S/C39H46Cl2N4O7/c1-37(2,3)52-36(48)30(44-34(46)33-28(40)19-42-20-29(33)41)18-25-14-16-27(17-15-25)32-31(21-43-45(8)35(32)47)49-23-38(4,5)51-24-39(6,7)50-22-26-12-10-9-11-13-26/h9-17,19-21,30H,18,22-24H2,1-8H3,(H,44,46). The van der Waals surface area contributed by atoms with Crippen LogP contribution in [-0.2, 0) is 39.1 Å². The Kier molecular flexibility index (Phi) is 13.3. The predicted octanol–water partition coefficient (Wildman–Crippen LogP) is 7.00. The van der Waals surface area contributed by atoms with E-state index >= 15 is 0 Å². The number of rotatable bonds is 15. The molecule has 0 spiro atoms. The number of amides is 1. The molecule has 2 heterocycles. The molecule has 0 fully saturated rings. The summed E-state index contributed by atoms with van der Waals surface area (Å²) in [4.78, 5) is 43.8. The van der Waals surface area contributed by atoms with Crippen LogP contribution in [-0.4, -0.2) is 62.7 Å². The molecule has 4 rings (SSSR count). The van der Waals surface area contributed by atoms with Crippen molar-refractivity contribution in [1.29, 1.82) is 0 Å². The van der Waals surface area contributed by atoms with Crippen LogP contribution in [0.15, 0.2) is 78.0 Å². The number of carbonyl (C=O) groups excluding carboxylic acids is 2. The largest absolute Gasteiger partial charge is 0.488 e. The van der Waals surface area contributed by atoms with E-state index in [0.29, 0.717) is 29.9 Å². The van der Waals surface area contributed by atoms with Gasteiger partial charge in [0.15, 0.2) is 5.75 Å². The van der Waals surface area contributed by atoms with Gasteiger partial charge in [-0.2, -0.15) is 5.10 Å². The molecule has 0 aliphatic carbocycles. The van der Waals surface area contributed by atoms with E-state index in [1.165, 1.54) is 23.3 Å². The second kappa shape index (κ2) is 17.0. The number of hydrogen-bond donors (Lipinski definition) is 1. The van der Waals surface area contributed by atoms with Crippen molar-refractivity contribution in [1.82, 2.24) is 20.1 Å². The molecule has 52 heavy (non-hydrogen) atoms. The number of aromatic nitrogens is 3. The second-order valence-corrected chi connectivity index (χ2v) is 15.4. The van der Waals surface area contributed by atoms with E-state index in [4.69, 9.17) is 42.1 Å². The average Bonchev–Trinajstić information content (AvgIpc) is 3.07. The number of pyridine rings is 1. The first-order valence-electron chi connectivity index (χ1n) is 16.8. The predicted molar refractivity (Wildman–Crippen MR) is 201 cm³/mol. The maximum absolute atomic E-state index is 13.4. The number of halogens is 2. The fraction of sp³-hybridized carbons (Fsp3) is 0.410.